The molecular formula is C13H14N4. The molecule has 0 spiro atoms. The Morgan fingerprint density at radius 1 is 1.18 bits per heavy atom. The second kappa shape index (κ2) is 4.49. The van der Waals surface area contributed by atoms with Crippen molar-refractivity contribution in [2.75, 3.05) is 0 Å². The second-order valence-electron chi connectivity index (χ2n) is 4.27. The summed E-state index contributed by atoms with van der Waals surface area (Å²) in [7, 11) is 0. The SMILES string of the molecule is C(=C\c1ccnn1C1CCC1)/c1cccnn1. The Bertz CT molecular complexity index is 511. The lowest BCUT2D eigenvalue weighted by molar-refractivity contribution is 0.288. The number of nitrogens with zero attached hydrogens (tertiary/aromatic N) is 4. The van der Waals surface area contributed by atoms with Crippen LogP contribution in [-0.4, -0.2) is 20.0 Å². The molecule has 0 radical (unpaired) electrons. The van der Waals surface area contributed by atoms with Gasteiger partial charge >= 0.3 is 0 Å². The number of aromatic nitrogens is 4. The van der Waals surface area contributed by atoms with Gasteiger partial charge in [0, 0.05) is 12.4 Å². The smallest absolute Gasteiger partial charge is 0.0858 e. The molecule has 2 aromatic heterocycles. The quantitative estimate of drug-likeness (QED) is 0.807. The summed E-state index contributed by atoms with van der Waals surface area (Å²) in [6, 6.07) is 6.45. The molecule has 0 saturated heterocycles. The van der Waals surface area contributed by atoms with Crippen molar-refractivity contribution in [3.05, 3.63) is 42.0 Å². The maximum Gasteiger partial charge on any atom is 0.0858 e. The Hall–Kier alpha value is -1.97. The molecule has 3 rings (SSSR count). The van der Waals surface area contributed by atoms with Gasteiger partial charge in [0.1, 0.15) is 0 Å². The molecule has 2 heterocycles. The van der Waals surface area contributed by atoms with Crippen molar-refractivity contribution < 1.29 is 0 Å². The summed E-state index contributed by atoms with van der Waals surface area (Å²) in [5.74, 6) is 0. The largest absolute Gasteiger partial charge is 0.262 e. The van der Waals surface area contributed by atoms with Crippen LogP contribution in [0, 0.1) is 0 Å². The van der Waals surface area contributed by atoms with Gasteiger partial charge < -0.3 is 0 Å². The lowest BCUT2D eigenvalue weighted by atomic mass is 9.93. The minimum atomic E-state index is 0.589. The Morgan fingerprint density at radius 3 is 2.82 bits per heavy atom. The maximum atomic E-state index is 4.38. The molecular weight excluding hydrogens is 212 g/mol. The van der Waals surface area contributed by atoms with Gasteiger partial charge in [0.05, 0.1) is 17.4 Å². The van der Waals surface area contributed by atoms with Gasteiger partial charge in [-0.2, -0.15) is 15.3 Å². The zero-order valence-electron chi connectivity index (χ0n) is 9.53. The third kappa shape index (κ3) is 2.11. The summed E-state index contributed by atoms with van der Waals surface area (Å²) >= 11 is 0. The molecule has 17 heavy (non-hydrogen) atoms. The van der Waals surface area contributed by atoms with E-state index in [1.54, 1.807) is 6.20 Å². The van der Waals surface area contributed by atoms with Crippen molar-refractivity contribution in [2.24, 2.45) is 0 Å². The molecule has 4 heteroatoms. The van der Waals surface area contributed by atoms with Crippen molar-refractivity contribution in [2.45, 2.75) is 25.3 Å². The molecule has 1 saturated carbocycles. The van der Waals surface area contributed by atoms with E-state index >= 15 is 0 Å². The minimum Gasteiger partial charge on any atom is -0.262 e. The van der Waals surface area contributed by atoms with Crippen LogP contribution in [0.3, 0.4) is 0 Å². The van der Waals surface area contributed by atoms with Crippen LogP contribution in [0.25, 0.3) is 12.2 Å². The Kier molecular flexibility index (Phi) is 2.69. The van der Waals surface area contributed by atoms with Gasteiger partial charge in [0.15, 0.2) is 0 Å². The highest BCUT2D eigenvalue weighted by atomic mass is 15.3. The van der Waals surface area contributed by atoms with Gasteiger partial charge in [0.25, 0.3) is 0 Å². The first-order valence-corrected chi connectivity index (χ1v) is 5.93. The number of hydrogen-bond acceptors (Lipinski definition) is 3. The lowest BCUT2D eigenvalue weighted by Gasteiger charge is -2.26. The molecule has 0 unspecified atom stereocenters. The molecule has 4 nitrogen and oxygen atoms in total. The third-order valence-corrected chi connectivity index (χ3v) is 3.14. The molecule has 1 aliphatic carbocycles. The standard InChI is InChI=1S/C13H14N4/c1-4-12(5-1)17-13(8-10-15-17)7-6-11-3-2-9-14-16-11/h2-3,6-10,12H,1,4-5H2/b7-6+. The fraction of sp³-hybridized carbons (Fsp3) is 0.308. The first kappa shape index (κ1) is 10.2. The van der Waals surface area contributed by atoms with E-state index in [1.807, 2.05) is 30.5 Å². The molecule has 86 valence electrons. The average Bonchev–Trinajstić information content (AvgIpc) is 2.74. The highest BCUT2D eigenvalue weighted by Crippen LogP contribution is 2.32. The van der Waals surface area contributed by atoms with E-state index in [-0.39, 0.29) is 0 Å². The van der Waals surface area contributed by atoms with E-state index in [0.717, 1.165) is 11.4 Å². The summed E-state index contributed by atoms with van der Waals surface area (Å²) < 4.78 is 2.11. The maximum absolute atomic E-state index is 4.38. The molecule has 0 aromatic carbocycles. The van der Waals surface area contributed by atoms with Crippen molar-refractivity contribution in [3.8, 4) is 0 Å². The van der Waals surface area contributed by atoms with Crippen LogP contribution in [0.5, 0.6) is 0 Å². The van der Waals surface area contributed by atoms with E-state index in [1.165, 1.54) is 19.3 Å². The monoisotopic (exact) mass is 226 g/mol. The number of rotatable bonds is 3. The summed E-state index contributed by atoms with van der Waals surface area (Å²) in [6.07, 6.45) is 11.4. The van der Waals surface area contributed by atoms with E-state index in [4.69, 9.17) is 0 Å². The van der Waals surface area contributed by atoms with E-state index < -0.39 is 0 Å². The van der Waals surface area contributed by atoms with Gasteiger partial charge in [-0.25, -0.2) is 0 Å². The topological polar surface area (TPSA) is 43.6 Å². The molecule has 0 bridgehead atoms. The molecule has 1 aliphatic rings. The Balaban J connectivity index is 1.81. The van der Waals surface area contributed by atoms with Gasteiger partial charge in [0.2, 0.25) is 0 Å². The molecule has 0 N–H and O–H groups in total. The van der Waals surface area contributed by atoms with E-state index in [0.29, 0.717) is 6.04 Å². The average molecular weight is 226 g/mol. The van der Waals surface area contributed by atoms with Crippen LogP contribution in [-0.2, 0) is 0 Å². The Labute approximate surface area is 100.0 Å². The molecule has 2 aromatic rings. The molecule has 0 aliphatic heterocycles. The third-order valence-electron chi connectivity index (χ3n) is 3.14. The van der Waals surface area contributed by atoms with Crippen molar-refractivity contribution in [1.29, 1.82) is 0 Å². The van der Waals surface area contributed by atoms with Crippen molar-refractivity contribution in [3.63, 3.8) is 0 Å². The van der Waals surface area contributed by atoms with E-state index in [9.17, 15) is 0 Å². The minimum absolute atomic E-state index is 0.589. The van der Waals surface area contributed by atoms with Gasteiger partial charge in [-0.1, -0.05) is 0 Å². The van der Waals surface area contributed by atoms with Gasteiger partial charge in [-0.15, -0.1) is 0 Å². The van der Waals surface area contributed by atoms with Crippen molar-refractivity contribution in [1.82, 2.24) is 20.0 Å². The van der Waals surface area contributed by atoms with Crippen molar-refractivity contribution >= 4 is 12.2 Å². The first-order chi connectivity index (χ1) is 8.43. The van der Waals surface area contributed by atoms with Crippen LogP contribution < -0.4 is 0 Å². The van der Waals surface area contributed by atoms with Crippen LogP contribution in [0.15, 0.2) is 30.6 Å². The fourth-order valence-corrected chi connectivity index (χ4v) is 1.97. The predicted molar refractivity (Wildman–Crippen MR) is 66.1 cm³/mol. The first-order valence-electron chi connectivity index (χ1n) is 5.93. The Morgan fingerprint density at radius 2 is 2.12 bits per heavy atom. The fourth-order valence-electron chi connectivity index (χ4n) is 1.97. The summed E-state index contributed by atoms with van der Waals surface area (Å²) in [6.45, 7) is 0. The summed E-state index contributed by atoms with van der Waals surface area (Å²) in [5, 5.41) is 12.2. The number of hydrogen-bond donors (Lipinski definition) is 0. The highest BCUT2D eigenvalue weighted by molar-refractivity contribution is 5.65. The molecule has 0 amide bonds. The summed E-state index contributed by atoms with van der Waals surface area (Å²) in [4.78, 5) is 0. The lowest BCUT2D eigenvalue weighted by Crippen LogP contribution is -2.19. The summed E-state index contributed by atoms with van der Waals surface area (Å²) in [5.41, 5.74) is 2.01. The molecule has 1 fully saturated rings. The zero-order valence-corrected chi connectivity index (χ0v) is 9.53. The van der Waals surface area contributed by atoms with Crippen LogP contribution in [0.2, 0.25) is 0 Å². The zero-order chi connectivity index (χ0) is 11.5. The highest BCUT2D eigenvalue weighted by Gasteiger charge is 2.21. The van der Waals surface area contributed by atoms with E-state index in [2.05, 4.69) is 26.1 Å². The van der Waals surface area contributed by atoms with Crippen LogP contribution in [0.1, 0.15) is 36.7 Å². The molecule has 0 atom stereocenters. The normalized spacial score (nSPS) is 16.2. The second-order valence-corrected chi connectivity index (χ2v) is 4.27. The van der Waals surface area contributed by atoms with Crippen LogP contribution >= 0.6 is 0 Å². The van der Waals surface area contributed by atoms with Gasteiger partial charge in [-0.05, 0) is 49.6 Å². The predicted octanol–water partition coefficient (Wildman–Crippen LogP) is 2.57. The van der Waals surface area contributed by atoms with Gasteiger partial charge in [-0.3, -0.25) is 4.68 Å². The van der Waals surface area contributed by atoms with Crippen LogP contribution in [0.4, 0.5) is 0 Å².